The largest absolute Gasteiger partial charge is 0.493 e. The van der Waals surface area contributed by atoms with Gasteiger partial charge in [-0.1, -0.05) is 35.5 Å². The molecule has 27 heavy (non-hydrogen) atoms. The third-order valence-electron chi connectivity index (χ3n) is 3.60. The number of aromatic nitrogens is 3. The van der Waals surface area contributed by atoms with Crippen molar-refractivity contribution < 1.29 is 23.0 Å². The number of methoxy groups -OCH3 is 1. The predicted molar refractivity (Wildman–Crippen MR) is 93.1 cm³/mol. The van der Waals surface area contributed by atoms with Crippen molar-refractivity contribution in [3.8, 4) is 11.5 Å². The molecule has 0 saturated heterocycles. The monoisotopic (exact) mass is 374 g/mol. The van der Waals surface area contributed by atoms with Gasteiger partial charge in [0.1, 0.15) is 0 Å². The van der Waals surface area contributed by atoms with E-state index in [1.807, 2.05) is 30.3 Å². The Morgan fingerprint density at radius 3 is 2.67 bits per heavy atom. The van der Waals surface area contributed by atoms with Gasteiger partial charge in [-0.15, -0.1) is 5.10 Å². The number of carbonyl (C=O) groups is 1. The third kappa shape index (κ3) is 4.78. The van der Waals surface area contributed by atoms with Crippen LogP contribution >= 0.6 is 0 Å². The van der Waals surface area contributed by atoms with E-state index >= 15 is 0 Å². The summed E-state index contributed by atoms with van der Waals surface area (Å²) in [6.07, 6.45) is 1.50. The first-order valence-electron chi connectivity index (χ1n) is 7.93. The molecule has 0 unspecified atom stereocenters. The summed E-state index contributed by atoms with van der Waals surface area (Å²) < 4.78 is 35.9. The second kappa shape index (κ2) is 8.26. The normalized spacial score (nSPS) is 10.7. The maximum Gasteiger partial charge on any atom is 0.387 e. The smallest absolute Gasteiger partial charge is 0.387 e. The Kier molecular flexibility index (Phi) is 5.60. The van der Waals surface area contributed by atoms with Crippen LogP contribution in [0.1, 0.15) is 16.1 Å². The topological polar surface area (TPSA) is 78.3 Å². The lowest BCUT2D eigenvalue weighted by atomic mass is 10.2. The van der Waals surface area contributed by atoms with Crippen molar-refractivity contribution in [1.29, 1.82) is 0 Å². The van der Waals surface area contributed by atoms with Gasteiger partial charge in [0, 0.05) is 11.8 Å². The van der Waals surface area contributed by atoms with Gasteiger partial charge in [-0.2, -0.15) is 8.78 Å². The van der Waals surface area contributed by atoms with Crippen LogP contribution in [0.3, 0.4) is 0 Å². The lowest BCUT2D eigenvalue weighted by Crippen LogP contribution is -2.13. The molecule has 0 saturated carbocycles. The fourth-order valence-electron chi connectivity index (χ4n) is 2.39. The van der Waals surface area contributed by atoms with Crippen molar-refractivity contribution in [3.05, 3.63) is 66.0 Å². The van der Waals surface area contributed by atoms with Gasteiger partial charge in [0.05, 0.1) is 19.9 Å². The zero-order valence-corrected chi connectivity index (χ0v) is 14.3. The van der Waals surface area contributed by atoms with Crippen molar-refractivity contribution in [1.82, 2.24) is 15.0 Å². The highest BCUT2D eigenvalue weighted by atomic mass is 19.3. The summed E-state index contributed by atoms with van der Waals surface area (Å²) in [7, 11) is 1.33. The average Bonchev–Trinajstić information content (AvgIpc) is 3.11. The maximum atomic E-state index is 12.5. The Bertz CT molecular complexity index is 916. The second-order valence-corrected chi connectivity index (χ2v) is 5.49. The molecular formula is C18H16F2N4O3. The number of nitrogens with one attached hydrogen (secondary N) is 1. The molecule has 140 valence electrons. The number of anilines is 1. The molecular weight excluding hydrogens is 358 g/mol. The molecule has 0 bridgehead atoms. The summed E-state index contributed by atoms with van der Waals surface area (Å²) >= 11 is 0. The molecule has 0 aliphatic carbocycles. The zero-order valence-electron chi connectivity index (χ0n) is 14.3. The molecule has 0 spiro atoms. The highest BCUT2D eigenvalue weighted by Crippen LogP contribution is 2.31. The summed E-state index contributed by atoms with van der Waals surface area (Å²) in [6.45, 7) is -2.54. The molecule has 2 aromatic carbocycles. The van der Waals surface area contributed by atoms with E-state index in [1.165, 1.54) is 36.2 Å². The second-order valence-electron chi connectivity index (χ2n) is 5.49. The molecule has 0 fully saturated rings. The molecule has 3 rings (SSSR count). The average molecular weight is 374 g/mol. The van der Waals surface area contributed by atoms with Crippen LogP contribution < -0.4 is 14.8 Å². The highest BCUT2D eigenvalue weighted by Gasteiger charge is 2.15. The van der Waals surface area contributed by atoms with Crippen molar-refractivity contribution >= 4 is 11.6 Å². The Morgan fingerprint density at radius 2 is 1.96 bits per heavy atom. The first-order valence-corrected chi connectivity index (χ1v) is 7.93. The lowest BCUT2D eigenvalue weighted by molar-refractivity contribution is -0.0511. The SMILES string of the molecule is COc1ccc(NC(=O)c2cn(Cc3ccccc3)nn2)cc1OC(F)F. The van der Waals surface area contributed by atoms with Crippen LogP contribution in [0, 0.1) is 0 Å². The molecule has 1 aromatic heterocycles. The van der Waals surface area contributed by atoms with Crippen LogP contribution in [0.4, 0.5) is 14.5 Å². The molecule has 1 N–H and O–H groups in total. The summed E-state index contributed by atoms with van der Waals surface area (Å²) in [5.41, 5.74) is 1.37. The summed E-state index contributed by atoms with van der Waals surface area (Å²) in [5, 5.41) is 10.3. The maximum absolute atomic E-state index is 12.5. The van der Waals surface area contributed by atoms with Crippen LogP contribution in [0.15, 0.2) is 54.7 Å². The van der Waals surface area contributed by atoms with Crippen molar-refractivity contribution in [2.45, 2.75) is 13.2 Å². The van der Waals surface area contributed by atoms with Gasteiger partial charge in [0.2, 0.25) is 0 Å². The van der Waals surface area contributed by atoms with Gasteiger partial charge in [-0.25, -0.2) is 4.68 Å². The first kappa shape index (κ1) is 18.3. The third-order valence-corrected chi connectivity index (χ3v) is 3.60. The minimum Gasteiger partial charge on any atom is -0.493 e. The fourth-order valence-corrected chi connectivity index (χ4v) is 2.39. The number of hydrogen-bond acceptors (Lipinski definition) is 5. The van der Waals surface area contributed by atoms with Gasteiger partial charge in [0.25, 0.3) is 5.91 Å². The number of alkyl halides is 2. The van der Waals surface area contributed by atoms with Gasteiger partial charge in [-0.05, 0) is 17.7 Å². The van der Waals surface area contributed by atoms with E-state index in [9.17, 15) is 13.6 Å². The van der Waals surface area contributed by atoms with Crippen molar-refractivity contribution in [3.63, 3.8) is 0 Å². The van der Waals surface area contributed by atoms with Crippen molar-refractivity contribution in [2.75, 3.05) is 12.4 Å². The number of amides is 1. The van der Waals surface area contributed by atoms with E-state index in [0.717, 1.165) is 5.56 Å². The molecule has 0 aliphatic rings. The summed E-state index contributed by atoms with van der Waals surface area (Å²) in [4.78, 5) is 12.3. The van der Waals surface area contributed by atoms with Crippen molar-refractivity contribution in [2.24, 2.45) is 0 Å². The van der Waals surface area contributed by atoms with E-state index in [-0.39, 0.29) is 22.9 Å². The fraction of sp³-hybridized carbons (Fsp3) is 0.167. The molecule has 7 nitrogen and oxygen atoms in total. The van der Waals surface area contributed by atoms with E-state index in [1.54, 1.807) is 0 Å². The quantitative estimate of drug-likeness (QED) is 0.687. The molecule has 0 atom stereocenters. The first-order chi connectivity index (χ1) is 13.0. The van der Waals surface area contributed by atoms with E-state index in [2.05, 4.69) is 20.4 Å². The van der Waals surface area contributed by atoms with Crippen LogP contribution in [0.2, 0.25) is 0 Å². The van der Waals surface area contributed by atoms with E-state index < -0.39 is 12.5 Å². The predicted octanol–water partition coefficient (Wildman–Crippen LogP) is 3.19. The van der Waals surface area contributed by atoms with Crippen LogP contribution in [0.25, 0.3) is 0 Å². The molecule has 0 aliphatic heterocycles. The van der Waals surface area contributed by atoms with Gasteiger partial charge >= 0.3 is 6.61 Å². The summed E-state index contributed by atoms with van der Waals surface area (Å²) in [5.74, 6) is -0.581. The minimum atomic E-state index is -3.01. The molecule has 0 radical (unpaired) electrons. The Hall–Kier alpha value is -3.49. The minimum absolute atomic E-state index is 0.0954. The molecule has 3 aromatic rings. The van der Waals surface area contributed by atoms with Crippen LogP contribution in [-0.4, -0.2) is 34.6 Å². The highest BCUT2D eigenvalue weighted by molar-refractivity contribution is 6.02. The standard InChI is InChI=1S/C18H16F2N4O3/c1-26-15-8-7-13(9-16(15)27-18(19)20)21-17(25)14-11-24(23-22-14)10-12-5-3-2-4-6-12/h2-9,11,18H,10H2,1H3,(H,21,25). The lowest BCUT2D eigenvalue weighted by Gasteiger charge is -2.11. The van der Waals surface area contributed by atoms with Crippen LogP contribution in [0.5, 0.6) is 11.5 Å². The zero-order chi connectivity index (χ0) is 19.2. The molecule has 9 heteroatoms. The summed E-state index contributed by atoms with van der Waals surface area (Å²) in [6, 6.07) is 13.8. The van der Waals surface area contributed by atoms with Crippen LogP contribution in [-0.2, 0) is 6.54 Å². The number of benzene rings is 2. The van der Waals surface area contributed by atoms with Gasteiger partial charge < -0.3 is 14.8 Å². The van der Waals surface area contributed by atoms with Gasteiger partial charge in [0.15, 0.2) is 17.2 Å². The van der Waals surface area contributed by atoms with E-state index in [0.29, 0.717) is 6.54 Å². The molecule has 1 heterocycles. The van der Waals surface area contributed by atoms with E-state index in [4.69, 9.17) is 4.74 Å². The number of nitrogens with zero attached hydrogens (tertiary/aromatic N) is 3. The Labute approximate surface area is 153 Å². The number of hydrogen-bond donors (Lipinski definition) is 1. The Morgan fingerprint density at radius 1 is 1.19 bits per heavy atom. The number of ether oxygens (including phenoxy) is 2. The number of carbonyl (C=O) groups excluding carboxylic acids is 1. The Balaban J connectivity index is 1.70. The van der Waals surface area contributed by atoms with Gasteiger partial charge in [-0.3, -0.25) is 4.79 Å². The molecule has 1 amide bonds. The number of rotatable bonds is 7. The number of halogens is 2.